The molecule has 104 valence electrons. The van der Waals surface area contributed by atoms with E-state index < -0.39 is 5.97 Å². The van der Waals surface area contributed by atoms with Gasteiger partial charge in [0.25, 0.3) is 5.56 Å². The Kier molecular flexibility index (Phi) is 4.26. The number of carbonyl (C=O) groups is 1. The van der Waals surface area contributed by atoms with Crippen molar-refractivity contribution in [1.29, 1.82) is 0 Å². The lowest BCUT2D eigenvalue weighted by Crippen LogP contribution is -2.38. The topological polar surface area (TPSA) is 81.4 Å². The van der Waals surface area contributed by atoms with Crippen LogP contribution in [0.5, 0.6) is 0 Å². The summed E-state index contributed by atoms with van der Waals surface area (Å²) in [6.07, 6.45) is 3.33. The first-order chi connectivity index (χ1) is 9.01. The van der Waals surface area contributed by atoms with Crippen LogP contribution in [0.4, 0.5) is 0 Å². The van der Waals surface area contributed by atoms with Gasteiger partial charge in [0.1, 0.15) is 0 Å². The molecule has 2 rings (SSSR count). The van der Waals surface area contributed by atoms with Gasteiger partial charge < -0.3 is 14.4 Å². The van der Waals surface area contributed by atoms with Crippen molar-refractivity contribution in [2.75, 3.05) is 19.0 Å². The van der Waals surface area contributed by atoms with E-state index in [9.17, 15) is 9.59 Å². The molecule has 1 aliphatic heterocycles. The predicted molar refractivity (Wildman–Crippen MR) is 70.6 cm³/mol. The summed E-state index contributed by atoms with van der Waals surface area (Å²) < 4.78 is 7.26. The minimum absolute atomic E-state index is 0.108. The molecule has 2 heterocycles. The fourth-order valence-electron chi connectivity index (χ4n) is 2.08. The lowest BCUT2D eigenvalue weighted by atomic mass is 9.92. The van der Waals surface area contributed by atoms with E-state index in [4.69, 9.17) is 9.84 Å². The van der Waals surface area contributed by atoms with Crippen LogP contribution in [0.3, 0.4) is 0 Å². The highest BCUT2D eigenvalue weighted by Crippen LogP contribution is 2.31. The van der Waals surface area contributed by atoms with E-state index >= 15 is 0 Å². The molecule has 7 heteroatoms. The number of rotatable bonds is 4. The number of hydrogen-bond acceptors (Lipinski definition) is 5. The standard InChI is InChI=1S/C12H16N2O4S/c1-12(3-6-18-7-4-12)14-5-2-9(15)13-11(14)19-8-10(16)17/h2,5H,3-4,6-8H2,1H3,(H,16,17). The van der Waals surface area contributed by atoms with E-state index in [1.54, 1.807) is 6.20 Å². The lowest BCUT2D eigenvalue weighted by Gasteiger charge is -2.37. The highest BCUT2D eigenvalue weighted by Gasteiger charge is 2.30. The van der Waals surface area contributed by atoms with Crippen LogP contribution < -0.4 is 5.56 Å². The first-order valence-corrected chi connectivity index (χ1v) is 7.02. The molecule has 1 aliphatic rings. The summed E-state index contributed by atoms with van der Waals surface area (Å²) in [6.45, 7) is 3.39. The van der Waals surface area contributed by atoms with Gasteiger partial charge in [0.2, 0.25) is 0 Å². The Bertz CT molecular complexity index is 523. The van der Waals surface area contributed by atoms with E-state index in [1.807, 2.05) is 4.57 Å². The maximum Gasteiger partial charge on any atom is 0.313 e. The van der Waals surface area contributed by atoms with Crippen molar-refractivity contribution in [2.24, 2.45) is 0 Å². The summed E-state index contributed by atoms with van der Waals surface area (Å²) in [4.78, 5) is 26.0. The van der Waals surface area contributed by atoms with Crippen LogP contribution >= 0.6 is 11.8 Å². The molecule has 1 saturated heterocycles. The molecule has 0 spiro atoms. The van der Waals surface area contributed by atoms with Crippen molar-refractivity contribution >= 4 is 17.7 Å². The smallest absolute Gasteiger partial charge is 0.313 e. The van der Waals surface area contributed by atoms with Gasteiger partial charge in [-0.05, 0) is 19.8 Å². The first-order valence-electron chi connectivity index (χ1n) is 6.04. The number of carboxylic acid groups (broad SMARTS) is 1. The van der Waals surface area contributed by atoms with Crippen molar-refractivity contribution in [2.45, 2.75) is 30.5 Å². The molecule has 0 radical (unpaired) electrons. The Hall–Kier alpha value is -1.34. The third kappa shape index (κ3) is 3.36. The number of carboxylic acids is 1. The Morgan fingerprint density at radius 3 is 2.89 bits per heavy atom. The van der Waals surface area contributed by atoms with Gasteiger partial charge in [0.15, 0.2) is 5.16 Å². The molecule has 0 unspecified atom stereocenters. The molecule has 0 saturated carbocycles. The van der Waals surface area contributed by atoms with E-state index in [-0.39, 0.29) is 16.9 Å². The van der Waals surface area contributed by atoms with Crippen molar-refractivity contribution in [3.8, 4) is 0 Å². The Balaban J connectivity index is 2.32. The molecule has 1 aromatic heterocycles. The Morgan fingerprint density at radius 1 is 1.58 bits per heavy atom. The number of nitrogens with zero attached hydrogens (tertiary/aromatic N) is 2. The Morgan fingerprint density at radius 2 is 2.26 bits per heavy atom. The minimum atomic E-state index is -0.924. The van der Waals surface area contributed by atoms with Gasteiger partial charge in [-0.3, -0.25) is 9.59 Å². The zero-order valence-electron chi connectivity index (χ0n) is 10.7. The summed E-state index contributed by atoms with van der Waals surface area (Å²) in [7, 11) is 0. The molecular formula is C12H16N2O4S. The number of aliphatic carboxylic acids is 1. The molecule has 0 bridgehead atoms. The van der Waals surface area contributed by atoms with Gasteiger partial charge >= 0.3 is 5.97 Å². The average Bonchev–Trinajstić information content (AvgIpc) is 2.37. The van der Waals surface area contributed by atoms with Gasteiger partial charge in [-0.1, -0.05) is 11.8 Å². The number of aromatic nitrogens is 2. The number of thioether (sulfide) groups is 1. The van der Waals surface area contributed by atoms with Crippen molar-refractivity contribution in [1.82, 2.24) is 9.55 Å². The van der Waals surface area contributed by atoms with Gasteiger partial charge in [-0.25, -0.2) is 0 Å². The van der Waals surface area contributed by atoms with E-state index in [0.717, 1.165) is 24.6 Å². The van der Waals surface area contributed by atoms with Crippen molar-refractivity contribution < 1.29 is 14.6 Å². The average molecular weight is 284 g/mol. The van der Waals surface area contributed by atoms with Crippen LogP contribution in [0.2, 0.25) is 0 Å². The van der Waals surface area contributed by atoms with Crippen molar-refractivity contribution in [3.05, 3.63) is 22.6 Å². The summed E-state index contributed by atoms with van der Waals surface area (Å²) in [5.41, 5.74) is -0.528. The monoisotopic (exact) mass is 284 g/mol. The third-order valence-corrected chi connectivity index (χ3v) is 4.19. The molecular weight excluding hydrogens is 268 g/mol. The quantitative estimate of drug-likeness (QED) is 0.655. The second-order valence-electron chi connectivity index (χ2n) is 4.71. The second-order valence-corrected chi connectivity index (χ2v) is 5.65. The summed E-state index contributed by atoms with van der Waals surface area (Å²) in [5.74, 6) is -1.03. The van der Waals surface area contributed by atoms with Gasteiger partial charge in [0.05, 0.1) is 5.75 Å². The summed E-state index contributed by atoms with van der Waals surface area (Å²) >= 11 is 1.07. The number of ether oxygens (including phenoxy) is 1. The van der Waals surface area contributed by atoms with Crippen LogP contribution in [0.15, 0.2) is 22.2 Å². The van der Waals surface area contributed by atoms with E-state index in [2.05, 4.69) is 11.9 Å². The van der Waals surface area contributed by atoms with E-state index in [1.165, 1.54) is 6.07 Å². The highest BCUT2D eigenvalue weighted by molar-refractivity contribution is 7.99. The van der Waals surface area contributed by atoms with Crippen LogP contribution in [0.1, 0.15) is 19.8 Å². The summed E-state index contributed by atoms with van der Waals surface area (Å²) in [6, 6.07) is 1.41. The van der Waals surface area contributed by atoms with Gasteiger partial charge in [0, 0.05) is 31.0 Å². The van der Waals surface area contributed by atoms with Crippen LogP contribution in [0.25, 0.3) is 0 Å². The molecule has 19 heavy (non-hydrogen) atoms. The molecule has 1 N–H and O–H groups in total. The SMILES string of the molecule is CC1(n2ccc(=O)nc2SCC(=O)O)CCOCC1. The highest BCUT2D eigenvalue weighted by atomic mass is 32.2. The third-order valence-electron chi connectivity index (χ3n) is 3.25. The van der Waals surface area contributed by atoms with Gasteiger partial charge in [-0.2, -0.15) is 4.98 Å². The van der Waals surface area contributed by atoms with Crippen LogP contribution in [-0.2, 0) is 15.1 Å². The maximum atomic E-state index is 11.4. The molecule has 0 atom stereocenters. The molecule has 0 aliphatic carbocycles. The molecule has 1 aromatic rings. The molecule has 6 nitrogen and oxygen atoms in total. The fourth-order valence-corrected chi connectivity index (χ4v) is 2.91. The molecule has 1 fully saturated rings. The normalized spacial score (nSPS) is 18.2. The fraction of sp³-hybridized carbons (Fsp3) is 0.583. The van der Waals surface area contributed by atoms with Crippen molar-refractivity contribution in [3.63, 3.8) is 0 Å². The first kappa shape index (κ1) is 14.1. The Labute approximate surface area is 114 Å². The minimum Gasteiger partial charge on any atom is -0.481 e. The second kappa shape index (κ2) is 5.75. The lowest BCUT2D eigenvalue weighted by molar-refractivity contribution is -0.133. The predicted octanol–water partition coefficient (Wildman–Crippen LogP) is 0.946. The maximum absolute atomic E-state index is 11.4. The largest absolute Gasteiger partial charge is 0.481 e. The van der Waals surface area contributed by atoms with Crippen LogP contribution in [-0.4, -0.2) is 39.6 Å². The van der Waals surface area contributed by atoms with Crippen LogP contribution in [0, 0.1) is 0 Å². The van der Waals surface area contributed by atoms with Gasteiger partial charge in [-0.15, -0.1) is 0 Å². The number of hydrogen-bond donors (Lipinski definition) is 1. The summed E-state index contributed by atoms with van der Waals surface area (Å²) in [5, 5.41) is 9.21. The zero-order chi connectivity index (χ0) is 13.9. The molecule has 0 amide bonds. The van der Waals surface area contributed by atoms with E-state index in [0.29, 0.717) is 18.4 Å². The zero-order valence-corrected chi connectivity index (χ0v) is 11.5. The molecule has 0 aromatic carbocycles.